The summed E-state index contributed by atoms with van der Waals surface area (Å²) >= 11 is 0. The van der Waals surface area contributed by atoms with Crippen LogP contribution in [0.2, 0.25) is 0 Å². The molecule has 0 saturated heterocycles. The fourth-order valence-electron chi connectivity index (χ4n) is 1.44. The zero-order valence-electron chi connectivity index (χ0n) is 10.7. The van der Waals surface area contributed by atoms with Crippen LogP contribution in [0, 0.1) is 0 Å². The Morgan fingerprint density at radius 3 is 2.71 bits per heavy atom. The smallest absolute Gasteiger partial charge is 0.177 e. The first-order valence-electron chi connectivity index (χ1n) is 5.60. The van der Waals surface area contributed by atoms with E-state index in [1.807, 2.05) is 19.3 Å². The third kappa shape index (κ3) is 2.91. The second-order valence-corrected chi connectivity index (χ2v) is 5.09. The van der Waals surface area contributed by atoms with E-state index in [4.69, 9.17) is 0 Å². The van der Waals surface area contributed by atoms with Gasteiger partial charge < -0.3 is 5.32 Å². The Bertz CT molecular complexity index is 490. The van der Waals surface area contributed by atoms with E-state index in [2.05, 4.69) is 41.5 Å². The maximum Gasteiger partial charge on any atom is 0.177 e. The molecule has 2 heterocycles. The highest BCUT2D eigenvalue weighted by Gasteiger charge is 2.13. The highest BCUT2D eigenvalue weighted by atomic mass is 15.5. The van der Waals surface area contributed by atoms with Gasteiger partial charge in [-0.05, 0) is 20.8 Å². The molecule has 0 amide bonds. The van der Waals surface area contributed by atoms with E-state index < -0.39 is 0 Å². The van der Waals surface area contributed by atoms with Crippen molar-refractivity contribution in [3.05, 3.63) is 24.2 Å². The highest BCUT2D eigenvalue weighted by Crippen LogP contribution is 2.08. The predicted octanol–water partition coefficient (Wildman–Crippen LogP) is 0.889. The molecule has 1 N–H and O–H groups in total. The molecule has 0 fully saturated rings. The van der Waals surface area contributed by atoms with Crippen LogP contribution < -0.4 is 5.32 Å². The fourth-order valence-corrected chi connectivity index (χ4v) is 1.44. The minimum atomic E-state index is 0.0687. The Kier molecular flexibility index (Phi) is 2.97. The van der Waals surface area contributed by atoms with Crippen LogP contribution in [0.3, 0.4) is 0 Å². The van der Waals surface area contributed by atoms with Crippen LogP contribution in [0.4, 0.5) is 0 Å². The minimum Gasteiger partial charge on any atom is -0.306 e. The minimum absolute atomic E-state index is 0.0687. The second kappa shape index (κ2) is 4.29. The van der Waals surface area contributed by atoms with Crippen molar-refractivity contribution in [2.45, 2.75) is 32.9 Å². The largest absolute Gasteiger partial charge is 0.306 e. The summed E-state index contributed by atoms with van der Waals surface area (Å²) in [6, 6.07) is 1.91. The van der Waals surface area contributed by atoms with Gasteiger partial charge in [-0.3, -0.25) is 4.68 Å². The molecule has 0 aromatic carbocycles. The normalized spacial score (nSPS) is 12.0. The van der Waals surface area contributed by atoms with Gasteiger partial charge in [-0.25, -0.2) is 0 Å². The molecule has 0 unspecified atom stereocenters. The average Bonchev–Trinajstić information content (AvgIpc) is 2.81. The van der Waals surface area contributed by atoms with E-state index in [-0.39, 0.29) is 5.54 Å². The van der Waals surface area contributed by atoms with Crippen molar-refractivity contribution in [3.8, 4) is 5.82 Å². The predicted molar refractivity (Wildman–Crippen MR) is 64.7 cm³/mol. The molecule has 0 bridgehead atoms. The Hall–Kier alpha value is -1.69. The summed E-state index contributed by atoms with van der Waals surface area (Å²) in [4.78, 5) is 0. The van der Waals surface area contributed by atoms with Gasteiger partial charge in [0.05, 0.1) is 11.9 Å². The lowest BCUT2D eigenvalue weighted by atomic mass is 10.1. The summed E-state index contributed by atoms with van der Waals surface area (Å²) < 4.78 is 3.50. The third-order valence-electron chi connectivity index (χ3n) is 2.34. The zero-order valence-corrected chi connectivity index (χ0v) is 10.7. The van der Waals surface area contributed by atoms with Gasteiger partial charge in [0.2, 0.25) is 0 Å². The number of nitrogens with one attached hydrogen (secondary N) is 1. The van der Waals surface area contributed by atoms with E-state index in [1.54, 1.807) is 15.6 Å². The third-order valence-corrected chi connectivity index (χ3v) is 2.34. The van der Waals surface area contributed by atoms with Crippen molar-refractivity contribution in [1.82, 2.24) is 30.1 Å². The molecule has 92 valence electrons. The van der Waals surface area contributed by atoms with Gasteiger partial charge >= 0.3 is 0 Å². The monoisotopic (exact) mass is 234 g/mol. The van der Waals surface area contributed by atoms with E-state index in [0.29, 0.717) is 6.54 Å². The zero-order chi connectivity index (χ0) is 12.5. The molecule has 17 heavy (non-hydrogen) atoms. The summed E-state index contributed by atoms with van der Waals surface area (Å²) in [5.74, 6) is 0.788. The molecule has 0 radical (unpaired) electrons. The number of aryl methyl sites for hydroxylation is 1. The summed E-state index contributed by atoms with van der Waals surface area (Å²) in [7, 11) is 1.88. The lowest BCUT2D eigenvalue weighted by Crippen LogP contribution is -2.35. The van der Waals surface area contributed by atoms with Gasteiger partial charge in [-0.1, -0.05) is 5.21 Å². The van der Waals surface area contributed by atoms with Crippen LogP contribution in [0.15, 0.2) is 18.5 Å². The Morgan fingerprint density at radius 1 is 1.35 bits per heavy atom. The van der Waals surface area contributed by atoms with E-state index in [0.717, 1.165) is 11.5 Å². The lowest BCUT2D eigenvalue weighted by Gasteiger charge is -2.20. The molecular weight excluding hydrogens is 216 g/mol. The number of aromatic nitrogens is 5. The van der Waals surface area contributed by atoms with Crippen molar-refractivity contribution in [3.63, 3.8) is 0 Å². The first kappa shape index (κ1) is 11.8. The number of hydrogen-bond donors (Lipinski definition) is 1. The van der Waals surface area contributed by atoms with Crippen LogP contribution in [-0.2, 0) is 13.6 Å². The average molecular weight is 234 g/mol. The van der Waals surface area contributed by atoms with Crippen LogP contribution >= 0.6 is 0 Å². The first-order valence-corrected chi connectivity index (χ1v) is 5.60. The SMILES string of the molecule is Cn1ccc(-n2nncc2CNC(C)(C)C)n1. The van der Waals surface area contributed by atoms with Gasteiger partial charge in [0.15, 0.2) is 5.82 Å². The van der Waals surface area contributed by atoms with E-state index >= 15 is 0 Å². The number of rotatable bonds is 3. The fraction of sp³-hybridized carbons (Fsp3) is 0.545. The summed E-state index contributed by atoms with van der Waals surface area (Å²) in [5, 5.41) is 15.7. The molecule has 0 spiro atoms. The number of nitrogens with zero attached hydrogens (tertiary/aromatic N) is 5. The van der Waals surface area contributed by atoms with Crippen LogP contribution in [0.1, 0.15) is 26.5 Å². The molecule has 2 rings (SSSR count). The topological polar surface area (TPSA) is 60.6 Å². The van der Waals surface area contributed by atoms with Crippen LogP contribution in [0.25, 0.3) is 5.82 Å². The van der Waals surface area contributed by atoms with Gasteiger partial charge in [0.25, 0.3) is 0 Å². The van der Waals surface area contributed by atoms with E-state index in [1.165, 1.54) is 0 Å². The molecule has 6 nitrogen and oxygen atoms in total. The highest BCUT2D eigenvalue weighted by molar-refractivity contribution is 5.20. The molecule has 0 aliphatic rings. The molecule has 6 heteroatoms. The van der Waals surface area contributed by atoms with E-state index in [9.17, 15) is 0 Å². The van der Waals surface area contributed by atoms with Crippen molar-refractivity contribution < 1.29 is 0 Å². The van der Waals surface area contributed by atoms with Crippen molar-refractivity contribution in [1.29, 1.82) is 0 Å². The Labute approximate surface area is 101 Å². The molecule has 0 aliphatic heterocycles. The molecule has 2 aromatic heterocycles. The van der Waals surface area contributed by atoms with Gasteiger partial charge in [-0.15, -0.1) is 5.10 Å². The van der Waals surface area contributed by atoms with Crippen LogP contribution in [-0.4, -0.2) is 30.3 Å². The summed E-state index contributed by atoms with van der Waals surface area (Å²) in [6.07, 6.45) is 3.64. The quantitative estimate of drug-likeness (QED) is 0.856. The molecule has 0 atom stereocenters. The van der Waals surface area contributed by atoms with Crippen molar-refractivity contribution >= 4 is 0 Å². The maximum atomic E-state index is 4.31. The Morgan fingerprint density at radius 2 is 2.12 bits per heavy atom. The van der Waals surface area contributed by atoms with Gasteiger partial charge in [0.1, 0.15) is 0 Å². The standard InChI is InChI=1S/C11H18N6/c1-11(2,3)12-7-9-8-13-15-17(9)10-5-6-16(4)14-10/h5-6,8,12H,7H2,1-4H3. The summed E-state index contributed by atoms with van der Waals surface area (Å²) in [6.45, 7) is 7.10. The lowest BCUT2D eigenvalue weighted by molar-refractivity contribution is 0.418. The van der Waals surface area contributed by atoms with Crippen molar-refractivity contribution in [2.75, 3.05) is 0 Å². The molecular formula is C11H18N6. The molecule has 2 aromatic rings. The van der Waals surface area contributed by atoms with Gasteiger partial charge in [0, 0.05) is 31.4 Å². The molecule has 0 saturated carbocycles. The Balaban J connectivity index is 2.17. The van der Waals surface area contributed by atoms with Crippen LogP contribution in [0.5, 0.6) is 0 Å². The van der Waals surface area contributed by atoms with Gasteiger partial charge in [-0.2, -0.15) is 9.78 Å². The summed E-state index contributed by atoms with van der Waals surface area (Å²) in [5.41, 5.74) is 1.07. The second-order valence-electron chi connectivity index (χ2n) is 5.09. The first-order chi connectivity index (χ1) is 7.96. The number of hydrogen-bond acceptors (Lipinski definition) is 4. The maximum absolute atomic E-state index is 4.31. The van der Waals surface area contributed by atoms with Crippen molar-refractivity contribution in [2.24, 2.45) is 7.05 Å². The molecule has 0 aliphatic carbocycles.